The van der Waals surface area contributed by atoms with Gasteiger partial charge in [0.2, 0.25) is 0 Å². The lowest BCUT2D eigenvalue weighted by atomic mass is 9.82. The Kier molecular flexibility index (Phi) is 4.89. The van der Waals surface area contributed by atoms with Gasteiger partial charge in [-0.3, -0.25) is 0 Å². The first-order valence-corrected chi connectivity index (χ1v) is 12.9. The van der Waals surface area contributed by atoms with E-state index in [1.807, 2.05) is 6.07 Å². The molecule has 0 saturated carbocycles. The van der Waals surface area contributed by atoms with Crippen LogP contribution in [-0.4, -0.2) is 0 Å². The fourth-order valence-corrected chi connectivity index (χ4v) is 6.30. The van der Waals surface area contributed by atoms with E-state index >= 15 is 0 Å². The van der Waals surface area contributed by atoms with Crippen LogP contribution in [0.2, 0.25) is 0 Å². The van der Waals surface area contributed by atoms with Crippen LogP contribution in [-0.2, 0) is 6.42 Å². The SMILES string of the molecule is Brc1cc2c(c3c1oc1ccccc13)C(c1ccc(-c3ccccc3)cc1)CCc1ccccc1-2. The highest BCUT2D eigenvalue weighted by molar-refractivity contribution is 9.10. The van der Waals surface area contributed by atoms with Crippen molar-refractivity contribution in [1.82, 2.24) is 0 Å². The third-order valence-corrected chi connectivity index (χ3v) is 8.01. The minimum atomic E-state index is 0.277. The van der Waals surface area contributed by atoms with Gasteiger partial charge in [-0.1, -0.05) is 97.1 Å². The molecule has 0 radical (unpaired) electrons. The number of aryl methyl sites for hydroxylation is 1. The number of para-hydroxylation sites is 1. The predicted octanol–water partition coefficient (Wildman–Crippen LogP) is 9.76. The van der Waals surface area contributed by atoms with Crippen LogP contribution >= 0.6 is 15.9 Å². The summed E-state index contributed by atoms with van der Waals surface area (Å²) in [4.78, 5) is 0. The molecule has 1 atom stereocenters. The molecule has 6 aromatic rings. The molecule has 35 heavy (non-hydrogen) atoms. The zero-order valence-corrected chi connectivity index (χ0v) is 20.8. The monoisotopic (exact) mass is 514 g/mol. The van der Waals surface area contributed by atoms with E-state index in [1.54, 1.807) is 0 Å². The molecular weight excluding hydrogens is 492 g/mol. The average molecular weight is 515 g/mol. The standard InChI is InChI=1S/C33H23BrO/c34-29-20-28-25-11-5-4-10-23(25)18-19-26(24-16-14-22(15-17-24)21-8-2-1-3-9-21)31(28)32-27-12-6-7-13-30(27)35-33(29)32/h1-17,20,26H,18-19H2. The molecule has 1 unspecified atom stereocenters. The topological polar surface area (TPSA) is 13.1 Å². The van der Waals surface area contributed by atoms with E-state index in [2.05, 4.69) is 119 Å². The summed E-state index contributed by atoms with van der Waals surface area (Å²) in [7, 11) is 0. The summed E-state index contributed by atoms with van der Waals surface area (Å²) in [6.45, 7) is 0. The van der Waals surface area contributed by atoms with Gasteiger partial charge in [-0.2, -0.15) is 0 Å². The van der Waals surface area contributed by atoms with Crippen LogP contribution in [0.25, 0.3) is 44.2 Å². The maximum Gasteiger partial charge on any atom is 0.149 e. The normalized spacial score (nSPS) is 15.1. The molecule has 1 aliphatic rings. The summed E-state index contributed by atoms with van der Waals surface area (Å²) in [6, 6.07) is 39.4. The summed E-state index contributed by atoms with van der Waals surface area (Å²) in [5, 5.41) is 2.42. The van der Waals surface area contributed by atoms with E-state index in [4.69, 9.17) is 4.42 Å². The van der Waals surface area contributed by atoms with Gasteiger partial charge in [0.25, 0.3) is 0 Å². The van der Waals surface area contributed by atoms with E-state index in [0.717, 1.165) is 28.5 Å². The van der Waals surface area contributed by atoms with E-state index in [0.29, 0.717) is 0 Å². The second-order valence-corrected chi connectivity index (χ2v) is 10.2. The third-order valence-electron chi connectivity index (χ3n) is 7.42. The van der Waals surface area contributed by atoms with Gasteiger partial charge in [0, 0.05) is 16.7 Å². The molecule has 0 aliphatic heterocycles. The van der Waals surface area contributed by atoms with Gasteiger partial charge in [0.15, 0.2) is 0 Å². The van der Waals surface area contributed by atoms with E-state index in [1.165, 1.54) is 49.7 Å². The van der Waals surface area contributed by atoms with Crippen molar-refractivity contribution in [2.75, 3.05) is 0 Å². The number of rotatable bonds is 2. The third kappa shape index (κ3) is 3.36. The van der Waals surface area contributed by atoms with E-state index < -0.39 is 0 Å². The molecule has 7 rings (SSSR count). The minimum Gasteiger partial charge on any atom is -0.455 e. The van der Waals surface area contributed by atoms with Gasteiger partial charge < -0.3 is 4.42 Å². The number of halogens is 1. The number of hydrogen-bond donors (Lipinski definition) is 0. The van der Waals surface area contributed by atoms with Crippen molar-refractivity contribution in [2.24, 2.45) is 0 Å². The molecule has 1 aromatic heterocycles. The molecule has 0 fully saturated rings. The maximum atomic E-state index is 6.39. The van der Waals surface area contributed by atoms with Crippen LogP contribution < -0.4 is 0 Å². The summed E-state index contributed by atoms with van der Waals surface area (Å²) < 4.78 is 7.40. The van der Waals surface area contributed by atoms with Crippen molar-refractivity contribution in [3.05, 3.63) is 130 Å². The van der Waals surface area contributed by atoms with Gasteiger partial charge in [0.1, 0.15) is 11.2 Å². The van der Waals surface area contributed by atoms with E-state index in [9.17, 15) is 0 Å². The van der Waals surface area contributed by atoms with Crippen LogP contribution in [0.1, 0.15) is 29.0 Å². The molecule has 5 aromatic carbocycles. The zero-order chi connectivity index (χ0) is 23.4. The predicted molar refractivity (Wildman–Crippen MR) is 149 cm³/mol. The second kappa shape index (κ2) is 8.25. The first kappa shape index (κ1) is 20.7. The van der Waals surface area contributed by atoms with Gasteiger partial charge in [-0.05, 0) is 79.8 Å². The Morgan fingerprint density at radius 2 is 1.40 bits per heavy atom. The van der Waals surface area contributed by atoms with Crippen molar-refractivity contribution >= 4 is 37.9 Å². The highest BCUT2D eigenvalue weighted by Gasteiger charge is 2.29. The molecule has 1 aliphatic carbocycles. The van der Waals surface area contributed by atoms with Crippen molar-refractivity contribution in [2.45, 2.75) is 18.8 Å². The Balaban J connectivity index is 1.50. The van der Waals surface area contributed by atoms with Crippen LogP contribution in [0, 0.1) is 0 Å². The Labute approximate surface area is 213 Å². The van der Waals surface area contributed by atoms with Crippen LogP contribution in [0.5, 0.6) is 0 Å². The highest BCUT2D eigenvalue weighted by atomic mass is 79.9. The fraction of sp³-hybridized carbons (Fsp3) is 0.0909. The molecule has 1 nitrogen and oxygen atoms in total. The van der Waals surface area contributed by atoms with Crippen LogP contribution in [0.4, 0.5) is 0 Å². The lowest BCUT2D eigenvalue weighted by molar-refractivity contribution is 0.665. The van der Waals surface area contributed by atoms with Crippen molar-refractivity contribution in [3.63, 3.8) is 0 Å². The maximum absolute atomic E-state index is 6.39. The number of benzene rings is 5. The largest absolute Gasteiger partial charge is 0.455 e. The van der Waals surface area contributed by atoms with Gasteiger partial charge in [-0.15, -0.1) is 0 Å². The Morgan fingerprint density at radius 3 is 2.26 bits per heavy atom. The average Bonchev–Trinajstić information content (AvgIpc) is 3.23. The van der Waals surface area contributed by atoms with Gasteiger partial charge >= 0.3 is 0 Å². The Bertz CT molecular complexity index is 1690. The fourth-order valence-electron chi connectivity index (χ4n) is 5.79. The molecule has 0 spiro atoms. The molecule has 0 amide bonds. The van der Waals surface area contributed by atoms with Crippen LogP contribution in [0.3, 0.4) is 0 Å². The highest BCUT2D eigenvalue weighted by Crippen LogP contribution is 2.49. The van der Waals surface area contributed by atoms with Gasteiger partial charge in [-0.25, -0.2) is 0 Å². The van der Waals surface area contributed by atoms with E-state index in [-0.39, 0.29) is 5.92 Å². The lowest BCUT2D eigenvalue weighted by Gasteiger charge is -2.21. The summed E-state index contributed by atoms with van der Waals surface area (Å²) in [5.41, 5.74) is 11.2. The quantitative estimate of drug-likeness (QED) is 0.224. The van der Waals surface area contributed by atoms with Crippen molar-refractivity contribution in [3.8, 4) is 22.3 Å². The molecule has 0 saturated heterocycles. The zero-order valence-electron chi connectivity index (χ0n) is 19.2. The number of fused-ring (bicyclic) bond motifs is 7. The Hall–Kier alpha value is -3.62. The molecular formula is C33H23BrO. The minimum absolute atomic E-state index is 0.277. The van der Waals surface area contributed by atoms with Crippen molar-refractivity contribution in [1.29, 1.82) is 0 Å². The van der Waals surface area contributed by atoms with Crippen LogP contribution in [0.15, 0.2) is 118 Å². The number of hydrogen-bond acceptors (Lipinski definition) is 1. The second-order valence-electron chi connectivity index (χ2n) is 9.36. The lowest BCUT2D eigenvalue weighted by Crippen LogP contribution is -2.03. The molecule has 0 bridgehead atoms. The smallest absolute Gasteiger partial charge is 0.149 e. The molecule has 2 heteroatoms. The molecule has 0 N–H and O–H groups in total. The molecule has 168 valence electrons. The first-order valence-electron chi connectivity index (χ1n) is 12.2. The Morgan fingerprint density at radius 1 is 0.686 bits per heavy atom. The number of furan rings is 1. The summed E-state index contributed by atoms with van der Waals surface area (Å²) in [5.74, 6) is 0.277. The first-order chi connectivity index (χ1) is 17.3. The van der Waals surface area contributed by atoms with Gasteiger partial charge in [0.05, 0.1) is 4.47 Å². The summed E-state index contributed by atoms with van der Waals surface area (Å²) >= 11 is 3.85. The summed E-state index contributed by atoms with van der Waals surface area (Å²) in [6.07, 6.45) is 2.11. The van der Waals surface area contributed by atoms with Crippen molar-refractivity contribution < 1.29 is 4.42 Å². The molecule has 1 heterocycles.